The van der Waals surface area contributed by atoms with Crippen LogP contribution in [0, 0.1) is 0 Å². The van der Waals surface area contributed by atoms with Crippen molar-refractivity contribution in [2.45, 2.75) is 39.1 Å². The zero-order valence-electron chi connectivity index (χ0n) is 18.9. The monoisotopic (exact) mass is 500 g/mol. The Hall–Kier alpha value is -2.86. The number of thiazole rings is 1. The average Bonchev–Trinajstić information content (AvgIpc) is 3.43. The Bertz CT molecular complexity index is 1010. The van der Waals surface area contributed by atoms with Crippen LogP contribution < -0.4 is 15.2 Å². The SMILES string of the molecule is CCN(CC)C1CCN(C(=O)c2csc(Cc3cc(OCC(N)=O)ccc3OC(F)(F)F)n2)C1. The van der Waals surface area contributed by atoms with E-state index in [-0.39, 0.29) is 29.3 Å². The van der Waals surface area contributed by atoms with Gasteiger partial charge in [-0.15, -0.1) is 24.5 Å². The Morgan fingerprint density at radius 1 is 1.29 bits per heavy atom. The molecule has 12 heteroatoms. The molecule has 186 valence electrons. The largest absolute Gasteiger partial charge is 0.573 e. The number of aromatic nitrogens is 1. The summed E-state index contributed by atoms with van der Waals surface area (Å²) in [4.78, 5) is 32.3. The third-order valence-corrected chi connectivity index (χ3v) is 6.38. The molecule has 8 nitrogen and oxygen atoms in total. The van der Waals surface area contributed by atoms with Crippen molar-refractivity contribution in [3.05, 3.63) is 39.8 Å². The lowest BCUT2D eigenvalue weighted by atomic mass is 10.1. The fraction of sp³-hybridized carbons (Fsp3) is 0.500. The Kier molecular flexibility index (Phi) is 8.37. The molecule has 34 heavy (non-hydrogen) atoms. The van der Waals surface area contributed by atoms with Crippen LogP contribution in [0.4, 0.5) is 13.2 Å². The number of likely N-dealkylation sites (tertiary alicyclic amines) is 1. The molecule has 0 aliphatic carbocycles. The first kappa shape index (κ1) is 25.8. The number of ether oxygens (including phenoxy) is 2. The van der Waals surface area contributed by atoms with Crippen LogP contribution in [-0.4, -0.2) is 71.8 Å². The highest BCUT2D eigenvalue weighted by Gasteiger charge is 2.33. The van der Waals surface area contributed by atoms with Gasteiger partial charge in [0.05, 0.1) is 5.01 Å². The zero-order chi connectivity index (χ0) is 24.9. The highest BCUT2D eigenvalue weighted by molar-refractivity contribution is 7.09. The van der Waals surface area contributed by atoms with Crippen molar-refractivity contribution in [1.29, 1.82) is 0 Å². The number of nitrogens with zero attached hydrogens (tertiary/aromatic N) is 3. The summed E-state index contributed by atoms with van der Waals surface area (Å²) in [6, 6.07) is 4.00. The van der Waals surface area contributed by atoms with Crippen LogP contribution in [0.15, 0.2) is 23.6 Å². The number of carbonyl (C=O) groups is 2. The summed E-state index contributed by atoms with van der Waals surface area (Å²) in [6.45, 7) is 6.84. The summed E-state index contributed by atoms with van der Waals surface area (Å²) in [7, 11) is 0. The maximum Gasteiger partial charge on any atom is 0.573 e. The fourth-order valence-electron chi connectivity index (χ4n) is 3.94. The first-order valence-corrected chi connectivity index (χ1v) is 11.7. The lowest BCUT2D eigenvalue weighted by Gasteiger charge is -2.25. The molecule has 1 aliphatic heterocycles. The molecule has 1 aromatic carbocycles. The van der Waals surface area contributed by atoms with Gasteiger partial charge in [0.25, 0.3) is 11.8 Å². The van der Waals surface area contributed by atoms with Crippen LogP contribution in [0.2, 0.25) is 0 Å². The van der Waals surface area contributed by atoms with E-state index in [2.05, 4.69) is 28.5 Å². The summed E-state index contributed by atoms with van der Waals surface area (Å²) in [5, 5.41) is 2.06. The van der Waals surface area contributed by atoms with Gasteiger partial charge in [0.1, 0.15) is 17.2 Å². The van der Waals surface area contributed by atoms with Crippen molar-refractivity contribution in [2.75, 3.05) is 32.8 Å². The van der Waals surface area contributed by atoms with E-state index in [0.717, 1.165) is 25.6 Å². The fourth-order valence-corrected chi connectivity index (χ4v) is 4.73. The zero-order valence-corrected chi connectivity index (χ0v) is 19.7. The number of amides is 2. The number of benzene rings is 1. The number of hydrogen-bond donors (Lipinski definition) is 1. The number of nitrogens with two attached hydrogens (primary N) is 1. The third-order valence-electron chi connectivity index (χ3n) is 5.53. The Labute approximate surface area is 199 Å². The van der Waals surface area contributed by atoms with E-state index in [4.69, 9.17) is 10.5 Å². The molecule has 2 N–H and O–H groups in total. The van der Waals surface area contributed by atoms with Crippen molar-refractivity contribution in [1.82, 2.24) is 14.8 Å². The van der Waals surface area contributed by atoms with Gasteiger partial charge < -0.3 is 20.1 Å². The molecule has 0 saturated carbocycles. The number of likely N-dealkylation sites (N-methyl/N-ethyl adjacent to an activating group) is 1. The predicted molar refractivity (Wildman–Crippen MR) is 120 cm³/mol. The number of rotatable bonds is 10. The number of halogens is 3. The van der Waals surface area contributed by atoms with Gasteiger partial charge in [0.2, 0.25) is 0 Å². The van der Waals surface area contributed by atoms with Crippen molar-refractivity contribution in [3.63, 3.8) is 0 Å². The molecule has 1 fully saturated rings. The quantitative estimate of drug-likeness (QED) is 0.539. The summed E-state index contributed by atoms with van der Waals surface area (Å²) in [5.74, 6) is -1.16. The molecule has 2 amide bonds. The minimum atomic E-state index is -4.88. The summed E-state index contributed by atoms with van der Waals surface area (Å²) >= 11 is 1.18. The second kappa shape index (κ2) is 11.0. The second-order valence-electron chi connectivity index (χ2n) is 7.79. The smallest absolute Gasteiger partial charge is 0.484 e. The average molecular weight is 501 g/mol. The Morgan fingerprint density at radius 3 is 2.68 bits per heavy atom. The molecular formula is C22H27F3N4O4S. The van der Waals surface area contributed by atoms with E-state index in [0.29, 0.717) is 24.1 Å². The molecule has 1 aromatic heterocycles. The first-order valence-electron chi connectivity index (χ1n) is 10.9. The summed E-state index contributed by atoms with van der Waals surface area (Å²) in [6.07, 6.45) is -4.01. The highest BCUT2D eigenvalue weighted by atomic mass is 32.1. The normalized spacial score (nSPS) is 16.2. The molecule has 1 unspecified atom stereocenters. The van der Waals surface area contributed by atoms with E-state index < -0.39 is 24.6 Å². The molecule has 1 saturated heterocycles. The van der Waals surface area contributed by atoms with Crippen molar-refractivity contribution in [3.8, 4) is 11.5 Å². The molecule has 1 atom stereocenters. The highest BCUT2D eigenvalue weighted by Crippen LogP contribution is 2.32. The minimum Gasteiger partial charge on any atom is -0.484 e. The standard InChI is InChI=1S/C22H27F3N4O4S/c1-3-28(4-2)15-7-8-29(11-15)21(31)17-13-34-20(27-17)10-14-9-16(32-12-19(26)30)5-6-18(14)33-22(23,24)25/h5-6,9,13,15H,3-4,7-8,10-12H2,1-2H3,(H2,26,30). The minimum absolute atomic E-state index is 0.0147. The predicted octanol–water partition coefficient (Wildman–Crippen LogP) is 3.05. The molecule has 3 rings (SSSR count). The van der Waals surface area contributed by atoms with Gasteiger partial charge in [-0.1, -0.05) is 13.8 Å². The molecule has 0 bridgehead atoms. The second-order valence-corrected chi connectivity index (χ2v) is 8.73. The lowest BCUT2D eigenvalue weighted by molar-refractivity contribution is -0.274. The van der Waals surface area contributed by atoms with Gasteiger partial charge in [-0.05, 0) is 37.7 Å². The van der Waals surface area contributed by atoms with Crippen LogP contribution in [0.3, 0.4) is 0 Å². The van der Waals surface area contributed by atoms with Crippen LogP contribution in [0.1, 0.15) is 41.3 Å². The van der Waals surface area contributed by atoms with Gasteiger partial charge in [0, 0.05) is 36.5 Å². The van der Waals surface area contributed by atoms with E-state index in [9.17, 15) is 22.8 Å². The molecule has 2 heterocycles. The first-order chi connectivity index (χ1) is 16.1. The van der Waals surface area contributed by atoms with Crippen LogP contribution >= 0.6 is 11.3 Å². The summed E-state index contributed by atoms with van der Waals surface area (Å²) < 4.78 is 47.9. The van der Waals surface area contributed by atoms with E-state index >= 15 is 0 Å². The number of hydrogen-bond acceptors (Lipinski definition) is 7. The molecule has 0 spiro atoms. The van der Waals surface area contributed by atoms with E-state index in [1.807, 2.05) is 0 Å². The van der Waals surface area contributed by atoms with Crippen LogP contribution in [0.25, 0.3) is 0 Å². The van der Waals surface area contributed by atoms with Crippen molar-refractivity contribution >= 4 is 23.2 Å². The van der Waals surface area contributed by atoms with Crippen LogP contribution in [0.5, 0.6) is 11.5 Å². The van der Waals surface area contributed by atoms with Gasteiger partial charge in [-0.2, -0.15) is 0 Å². The topological polar surface area (TPSA) is 98.0 Å². The molecular weight excluding hydrogens is 473 g/mol. The number of alkyl halides is 3. The number of primary amides is 1. The lowest BCUT2D eigenvalue weighted by Crippen LogP contribution is -2.38. The molecule has 1 aliphatic rings. The third kappa shape index (κ3) is 6.83. The van der Waals surface area contributed by atoms with E-state index in [1.54, 1.807) is 10.3 Å². The van der Waals surface area contributed by atoms with Gasteiger partial charge in [-0.25, -0.2) is 4.98 Å². The molecule has 0 radical (unpaired) electrons. The number of carbonyl (C=O) groups excluding carboxylic acids is 2. The van der Waals surface area contributed by atoms with Gasteiger partial charge >= 0.3 is 6.36 Å². The maximum atomic E-state index is 12.9. The molecule has 2 aromatic rings. The van der Waals surface area contributed by atoms with Crippen LogP contribution in [-0.2, 0) is 11.2 Å². The van der Waals surface area contributed by atoms with Gasteiger partial charge in [-0.3, -0.25) is 14.5 Å². The Balaban J connectivity index is 1.74. The van der Waals surface area contributed by atoms with Crippen molar-refractivity contribution in [2.24, 2.45) is 5.73 Å². The Morgan fingerprint density at radius 2 is 2.03 bits per heavy atom. The van der Waals surface area contributed by atoms with Crippen molar-refractivity contribution < 1.29 is 32.2 Å². The summed E-state index contributed by atoms with van der Waals surface area (Å²) in [5.41, 5.74) is 5.47. The van der Waals surface area contributed by atoms with Gasteiger partial charge in [0.15, 0.2) is 6.61 Å². The maximum absolute atomic E-state index is 12.9. The van der Waals surface area contributed by atoms with E-state index in [1.165, 1.54) is 23.5 Å².